The quantitative estimate of drug-likeness (QED) is 0.519. The number of aryl methyl sites for hydroxylation is 2. The zero-order valence-corrected chi connectivity index (χ0v) is 19.3. The van der Waals surface area contributed by atoms with E-state index in [1.54, 1.807) is 7.11 Å². The molecule has 172 valence electrons. The highest BCUT2D eigenvalue weighted by atomic mass is 16.5. The van der Waals surface area contributed by atoms with Crippen LogP contribution in [0.4, 0.5) is 0 Å². The SMILES string of the molecule is COc1ccc(CNCCn2nc(C)cc2C)cc1OCC(O)CN1CCN(C)CC1. The van der Waals surface area contributed by atoms with Crippen molar-refractivity contribution in [1.82, 2.24) is 24.9 Å². The van der Waals surface area contributed by atoms with E-state index in [4.69, 9.17) is 9.47 Å². The fourth-order valence-corrected chi connectivity index (χ4v) is 3.83. The first-order valence-electron chi connectivity index (χ1n) is 11.0. The van der Waals surface area contributed by atoms with Crippen molar-refractivity contribution in [1.29, 1.82) is 0 Å². The smallest absolute Gasteiger partial charge is 0.161 e. The van der Waals surface area contributed by atoms with E-state index in [-0.39, 0.29) is 6.61 Å². The van der Waals surface area contributed by atoms with Gasteiger partial charge in [0.05, 0.1) is 19.3 Å². The number of piperazine rings is 1. The average Bonchev–Trinajstić information content (AvgIpc) is 3.08. The maximum atomic E-state index is 10.4. The van der Waals surface area contributed by atoms with Crippen LogP contribution in [0.2, 0.25) is 0 Å². The number of aliphatic hydroxyl groups excluding tert-OH is 1. The third kappa shape index (κ3) is 7.21. The number of β-amino-alcohol motifs (C(OH)–C–C–N with tert-alkyl or cyclic N) is 1. The minimum atomic E-state index is -0.532. The van der Waals surface area contributed by atoms with Crippen LogP contribution in [0, 0.1) is 13.8 Å². The Bertz CT molecular complexity index is 818. The number of ether oxygens (including phenoxy) is 2. The van der Waals surface area contributed by atoms with Crippen molar-refractivity contribution in [2.75, 3.05) is 60.0 Å². The van der Waals surface area contributed by atoms with E-state index in [1.165, 1.54) is 5.69 Å². The Hall–Kier alpha value is -2.13. The van der Waals surface area contributed by atoms with Crippen LogP contribution in [0.1, 0.15) is 17.0 Å². The van der Waals surface area contributed by atoms with Crippen molar-refractivity contribution in [3.8, 4) is 11.5 Å². The van der Waals surface area contributed by atoms with Gasteiger partial charge in [0, 0.05) is 51.5 Å². The minimum absolute atomic E-state index is 0.248. The standard InChI is InChI=1S/C23H37N5O3/c1-18-13-19(2)28(25-18)8-7-24-15-20-5-6-22(30-4)23(14-20)31-17-21(29)16-27-11-9-26(3)10-12-27/h5-6,13-14,21,24,29H,7-12,15-17H2,1-4H3. The molecule has 0 aliphatic carbocycles. The van der Waals surface area contributed by atoms with Crippen LogP contribution >= 0.6 is 0 Å². The normalized spacial score (nSPS) is 16.4. The lowest BCUT2D eigenvalue weighted by Gasteiger charge is -2.33. The highest BCUT2D eigenvalue weighted by molar-refractivity contribution is 5.43. The summed E-state index contributed by atoms with van der Waals surface area (Å²) in [6.07, 6.45) is -0.532. The van der Waals surface area contributed by atoms with E-state index in [9.17, 15) is 5.11 Å². The van der Waals surface area contributed by atoms with Crippen LogP contribution < -0.4 is 14.8 Å². The zero-order valence-electron chi connectivity index (χ0n) is 19.3. The minimum Gasteiger partial charge on any atom is -0.493 e. The van der Waals surface area contributed by atoms with Crippen LogP contribution in [-0.4, -0.2) is 90.8 Å². The molecule has 31 heavy (non-hydrogen) atoms. The average molecular weight is 432 g/mol. The molecule has 1 aromatic carbocycles. The second-order valence-electron chi connectivity index (χ2n) is 8.38. The molecule has 2 N–H and O–H groups in total. The summed E-state index contributed by atoms with van der Waals surface area (Å²) in [5.41, 5.74) is 3.33. The largest absolute Gasteiger partial charge is 0.493 e. The number of hydrogen-bond acceptors (Lipinski definition) is 7. The topological polar surface area (TPSA) is 75.0 Å². The van der Waals surface area contributed by atoms with E-state index >= 15 is 0 Å². The number of aliphatic hydroxyl groups is 1. The molecule has 3 rings (SSSR count). The molecular weight excluding hydrogens is 394 g/mol. The van der Waals surface area contributed by atoms with E-state index in [0.29, 0.717) is 18.0 Å². The molecule has 0 spiro atoms. The Morgan fingerprint density at radius 3 is 2.58 bits per heavy atom. The van der Waals surface area contributed by atoms with E-state index < -0.39 is 6.10 Å². The fourth-order valence-electron chi connectivity index (χ4n) is 3.83. The van der Waals surface area contributed by atoms with Gasteiger partial charge in [0.25, 0.3) is 0 Å². The Kier molecular flexibility index (Phi) is 8.71. The Morgan fingerprint density at radius 1 is 1.13 bits per heavy atom. The van der Waals surface area contributed by atoms with Gasteiger partial charge in [0.2, 0.25) is 0 Å². The number of aromatic nitrogens is 2. The van der Waals surface area contributed by atoms with Crippen molar-refractivity contribution in [2.45, 2.75) is 33.0 Å². The second-order valence-corrected chi connectivity index (χ2v) is 8.38. The summed E-state index contributed by atoms with van der Waals surface area (Å²) in [5.74, 6) is 1.34. The molecular formula is C23H37N5O3. The first-order valence-corrected chi connectivity index (χ1v) is 11.0. The maximum absolute atomic E-state index is 10.4. The second kappa shape index (κ2) is 11.5. The highest BCUT2D eigenvalue weighted by Crippen LogP contribution is 2.28. The lowest BCUT2D eigenvalue weighted by atomic mass is 10.2. The van der Waals surface area contributed by atoms with Gasteiger partial charge in [0.1, 0.15) is 12.7 Å². The van der Waals surface area contributed by atoms with Crippen molar-refractivity contribution >= 4 is 0 Å². The lowest BCUT2D eigenvalue weighted by molar-refractivity contribution is 0.0498. The molecule has 8 heteroatoms. The predicted octanol–water partition coefficient (Wildman–Crippen LogP) is 1.29. The first-order chi connectivity index (χ1) is 14.9. The molecule has 8 nitrogen and oxygen atoms in total. The highest BCUT2D eigenvalue weighted by Gasteiger charge is 2.18. The summed E-state index contributed by atoms with van der Waals surface area (Å²) in [6.45, 7) is 11.4. The van der Waals surface area contributed by atoms with Gasteiger partial charge in [-0.15, -0.1) is 0 Å². The molecule has 1 aliphatic heterocycles. The summed E-state index contributed by atoms with van der Waals surface area (Å²) in [4.78, 5) is 4.59. The van der Waals surface area contributed by atoms with Crippen molar-refractivity contribution in [3.05, 3.63) is 41.2 Å². The third-order valence-corrected chi connectivity index (χ3v) is 5.66. The van der Waals surface area contributed by atoms with Crippen LogP contribution in [0.5, 0.6) is 11.5 Å². The van der Waals surface area contributed by atoms with Gasteiger partial charge in [-0.1, -0.05) is 6.07 Å². The molecule has 0 bridgehead atoms. The van der Waals surface area contributed by atoms with Gasteiger partial charge in [-0.3, -0.25) is 9.58 Å². The summed E-state index contributed by atoms with van der Waals surface area (Å²) >= 11 is 0. The van der Waals surface area contributed by atoms with Crippen LogP contribution in [0.25, 0.3) is 0 Å². The number of rotatable bonds is 11. The molecule has 1 aromatic heterocycles. The van der Waals surface area contributed by atoms with E-state index in [2.05, 4.69) is 40.3 Å². The van der Waals surface area contributed by atoms with E-state index in [1.807, 2.05) is 29.8 Å². The van der Waals surface area contributed by atoms with Crippen LogP contribution in [0.15, 0.2) is 24.3 Å². The number of nitrogens with one attached hydrogen (secondary N) is 1. The maximum Gasteiger partial charge on any atom is 0.161 e. The Labute approximate surface area is 185 Å². The van der Waals surface area contributed by atoms with Crippen LogP contribution in [0.3, 0.4) is 0 Å². The van der Waals surface area contributed by atoms with Crippen molar-refractivity contribution in [2.24, 2.45) is 0 Å². The Morgan fingerprint density at radius 2 is 1.90 bits per heavy atom. The summed E-state index contributed by atoms with van der Waals surface area (Å²) in [7, 11) is 3.76. The summed E-state index contributed by atoms with van der Waals surface area (Å²) < 4.78 is 13.4. The van der Waals surface area contributed by atoms with Gasteiger partial charge in [0.15, 0.2) is 11.5 Å². The fraction of sp³-hybridized carbons (Fsp3) is 0.609. The summed E-state index contributed by atoms with van der Waals surface area (Å²) in [5, 5.41) is 18.4. The number of benzene rings is 1. The monoisotopic (exact) mass is 431 g/mol. The number of likely N-dealkylation sites (N-methyl/N-ethyl adjacent to an activating group) is 1. The Balaban J connectivity index is 1.46. The van der Waals surface area contributed by atoms with E-state index in [0.717, 1.165) is 57.1 Å². The summed E-state index contributed by atoms with van der Waals surface area (Å²) in [6, 6.07) is 8.02. The van der Waals surface area contributed by atoms with Crippen molar-refractivity contribution < 1.29 is 14.6 Å². The zero-order chi connectivity index (χ0) is 22.2. The van der Waals surface area contributed by atoms with Crippen molar-refractivity contribution in [3.63, 3.8) is 0 Å². The van der Waals surface area contributed by atoms with Gasteiger partial charge < -0.3 is 24.8 Å². The molecule has 2 aromatic rings. The molecule has 1 saturated heterocycles. The van der Waals surface area contributed by atoms with Gasteiger partial charge in [-0.2, -0.15) is 5.10 Å². The molecule has 1 unspecified atom stereocenters. The third-order valence-electron chi connectivity index (χ3n) is 5.66. The number of hydrogen-bond donors (Lipinski definition) is 2. The molecule has 1 atom stereocenters. The number of methoxy groups -OCH3 is 1. The molecule has 1 aliphatic rings. The first kappa shape index (κ1) is 23.5. The van der Waals surface area contributed by atoms with Crippen LogP contribution in [-0.2, 0) is 13.1 Å². The molecule has 0 amide bonds. The molecule has 2 heterocycles. The molecule has 0 saturated carbocycles. The predicted molar refractivity (Wildman–Crippen MR) is 122 cm³/mol. The number of nitrogens with zero attached hydrogens (tertiary/aromatic N) is 4. The molecule has 0 radical (unpaired) electrons. The van der Waals surface area contributed by atoms with Gasteiger partial charge >= 0.3 is 0 Å². The van der Waals surface area contributed by atoms with Gasteiger partial charge in [-0.25, -0.2) is 0 Å². The molecule has 1 fully saturated rings. The van der Waals surface area contributed by atoms with Gasteiger partial charge in [-0.05, 0) is 44.7 Å². The lowest BCUT2D eigenvalue weighted by Crippen LogP contribution is -2.47.